The van der Waals surface area contributed by atoms with Crippen molar-refractivity contribution >= 4 is 11.9 Å². The summed E-state index contributed by atoms with van der Waals surface area (Å²) in [5, 5.41) is 42.7. The Kier molecular flexibility index (Phi) is 15.1. The second-order valence-corrected chi connectivity index (χ2v) is 10.4. The Hall–Kier alpha value is -3.69. The van der Waals surface area contributed by atoms with Crippen molar-refractivity contribution in [2.45, 2.75) is 76.0 Å². The SMILES string of the molecule is CC(NC(=O)CCC/C=C\C[C@@H]1[C@@H](/C=C/[C@@H](O)COc2cccc(C(F)(F)F)c2)[C@H](O)C[C@@H]1O)C(=O)OCCCO[N+](=O)[O-]. The fourth-order valence-corrected chi connectivity index (χ4v) is 4.58. The number of carbonyl (C=O) groups is 2. The topological polar surface area (TPSA) is 178 Å². The molecule has 0 radical (unpaired) electrons. The zero-order valence-electron chi connectivity index (χ0n) is 24.2. The number of rotatable bonds is 18. The van der Waals surface area contributed by atoms with Gasteiger partial charge in [0, 0.05) is 25.2 Å². The lowest BCUT2D eigenvalue weighted by molar-refractivity contribution is -0.757. The molecule has 0 saturated heterocycles. The maximum Gasteiger partial charge on any atom is 0.416 e. The van der Waals surface area contributed by atoms with Gasteiger partial charge < -0.3 is 34.9 Å². The van der Waals surface area contributed by atoms with Crippen LogP contribution in [0.2, 0.25) is 0 Å². The van der Waals surface area contributed by atoms with Crippen LogP contribution in [0.5, 0.6) is 5.75 Å². The summed E-state index contributed by atoms with van der Waals surface area (Å²) in [5.74, 6) is -1.87. The molecule has 1 amide bonds. The summed E-state index contributed by atoms with van der Waals surface area (Å²) in [4.78, 5) is 38.2. The van der Waals surface area contributed by atoms with Crippen LogP contribution in [0.1, 0.15) is 51.0 Å². The Bertz CT molecular complexity index is 1130. The smallest absolute Gasteiger partial charge is 0.416 e. The molecule has 0 bridgehead atoms. The molecular formula is C29H39F3N2O10. The first-order chi connectivity index (χ1) is 20.8. The lowest BCUT2D eigenvalue weighted by Crippen LogP contribution is -2.39. The third-order valence-electron chi connectivity index (χ3n) is 6.86. The largest absolute Gasteiger partial charge is 0.491 e. The number of esters is 1. The summed E-state index contributed by atoms with van der Waals surface area (Å²) >= 11 is 0. The van der Waals surface area contributed by atoms with Crippen molar-refractivity contribution in [2.75, 3.05) is 19.8 Å². The number of unbranched alkanes of at least 4 members (excludes halogenated alkanes) is 1. The molecule has 2 rings (SSSR count). The van der Waals surface area contributed by atoms with Crippen molar-refractivity contribution in [3.63, 3.8) is 0 Å². The minimum atomic E-state index is -4.52. The van der Waals surface area contributed by atoms with Crippen molar-refractivity contribution in [3.8, 4) is 5.75 Å². The van der Waals surface area contributed by atoms with E-state index in [-0.39, 0.29) is 56.7 Å². The van der Waals surface area contributed by atoms with Gasteiger partial charge in [-0.2, -0.15) is 13.2 Å². The summed E-state index contributed by atoms with van der Waals surface area (Å²) in [6.07, 6.45) is 1.22. The van der Waals surface area contributed by atoms with E-state index in [0.29, 0.717) is 19.3 Å². The molecule has 1 fully saturated rings. The van der Waals surface area contributed by atoms with Crippen LogP contribution in [0.3, 0.4) is 0 Å². The van der Waals surface area contributed by atoms with Gasteiger partial charge in [-0.05, 0) is 50.3 Å². The Morgan fingerprint density at radius 1 is 1.18 bits per heavy atom. The number of halogens is 3. The predicted molar refractivity (Wildman–Crippen MR) is 149 cm³/mol. The van der Waals surface area contributed by atoms with Crippen molar-refractivity contribution in [2.24, 2.45) is 11.8 Å². The fourth-order valence-electron chi connectivity index (χ4n) is 4.58. The zero-order valence-corrected chi connectivity index (χ0v) is 24.2. The molecule has 0 aliphatic heterocycles. The Labute approximate surface area is 252 Å². The lowest BCUT2D eigenvalue weighted by atomic mass is 9.89. The summed E-state index contributed by atoms with van der Waals surface area (Å²) in [6, 6.07) is 3.41. The number of nitrogens with zero attached hydrogens (tertiary/aromatic N) is 1. The number of allylic oxidation sites excluding steroid dienone is 2. The van der Waals surface area contributed by atoms with Crippen molar-refractivity contribution < 1.29 is 57.5 Å². The van der Waals surface area contributed by atoms with E-state index >= 15 is 0 Å². The van der Waals surface area contributed by atoms with Crippen LogP contribution in [-0.4, -0.2) is 76.5 Å². The number of hydrogen-bond acceptors (Lipinski definition) is 10. The third-order valence-corrected chi connectivity index (χ3v) is 6.86. The minimum absolute atomic E-state index is 0.0450. The molecular weight excluding hydrogens is 593 g/mol. The molecule has 44 heavy (non-hydrogen) atoms. The number of nitrogens with one attached hydrogen (secondary N) is 1. The molecule has 0 aromatic heterocycles. The highest BCUT2D eigenvalue weighted by Gasteiger charge is 2.39. The predicted octanol–water partition coefficient (Wildman–Crippen LogP) is 3.12. The second-order valence-electron chi connectivity index (χ2n) is 10.4. The number of aliphatic hydroxyl groups excluding tert-OH is 3. The maximum atomic E-state index is 12.9. The van der Waals surface area contributed by atoms with Crippen LogP contribution in [0, 0.1) is 22.0 Å². The first kappa shape index (κ1) is 36.5. The Balaban J connectivity index is 1.71. The molecule has 0 heterocycles. The highest BCUT2D eigenvalue weighted by Crippen LogP contribution is 2.36. The number of hydrogen-bond donors (Lipinski definition) is 4. The highest BCUT2D eigenvalue weighted by atomic mass is 19.4. The maximum absolute atomic E-state index is 12.9. The Morgan fingerprint density at radius 3 is 2.64 bits per heavy atom. The van der Waals surface area contributed by atoms with Crippen LogP contribution in [0.25, 0.3) is 0 Å². The van der Waals surface area contributed by atoms with Crippen LogP contribution >= 0.6 is 0 Å². The van der Waals surface area contributed by atoms with Gasteiger partial charge in [0.25, 0.3) is 5.09 Å². The van der Waals surface area contributed by atoms with Gasteiger partial charge in [0.15, 0.2) is 0 Å². The second kappa shape index (κ2) is 18.2. The first-order valence-electron chi connectivity index (χ1n) is 14.2. The van der Waals surface area contributed by atoms with E-state index in [9.17, 15) is 48.2 Å². The average molecular weight is 633 g/mol. The molecule has 1 saturated carbocycles. The number of carbonyl (C=O) groups excluding carboxylic acids is 2. The quantitative estimate of drug-likeness (QED) is 0.0618. The van der Waals surface area contributed by atoms with Gasteiger partial charge in [-0.25, -0.2) is 4.79 Å². The van der Waals surface area contributed by atoms with E-state index in [1.54, 1.807) is 6.08 Å². The molecule has 15 heteroatoms. The summed E-state index contributed by atoms with van der Waals surface area (Å²) in [6.45, 7) is 0.865. The monoisotopic (exact) mass is 632 g/mol. The van der Waals surface area contributed by atoms with Gasteiger partial charge in [-0.3, -0.25) is 4.79 Å². The summed E-state index contributed by atoms with van der Waals surface area (Å²) < 4.78 is 48.8. The van der Waals surface area contributed by atoms with Gasteiger partial charge in [0.1, 0.15) is 24.5 Å². The molecule has 1 aromatic rings. The molecule has 6 atom stereocenters. The van der Waals surface area contributed by atoms with Gasteiger partial charge in [-0.1, -0.05) is 30.4 Å². The molecule has 12 nitrogen and oxygen atoms in total. The fraction of sp³-hybridized carbons (Fsp3) is 0.586. The molecule has 1 aliphatic rings. The van der Waals surface area contributed by atoms with E-state index in [2.05, 4.69) is 10.2 Å². The van der Waals surface area contributed by atoms with E-state index in [0.717, 1.165) is 12.1 Å². The van der Waals surface area contributed by atoms with Gasteiger partial charge in [-0.15, -0.1) is 10.1 Å². The highest BCUT2D eigenvalue weighted by molar-refractivity contribution is 5.84. The van der Waals surface area contributed by atoms with Gasteiger partial charge in [0.05, 0.1) is 31.0 Å². The van der Waals surface area contributed by atoms with Crippen LogP contribution < -0.4 is 10.1 Å². The van der Waals surface area contributed by atoms with Gasteiger partial charge in [0.2, 0.25) is 5.91 Å². The first-order valence-corrected chi connectivity index (χ1v) is 14.2. The Morgan fingerprint density at radius 2 is 1.93 bits per heavy atom. The molecule has 0 spiro atoms. The van der Waals surface area contributed by atoms with Crippen LogP contribution in [0.15, 0.2) is 48.6 Å². The van der Waals surface area contributed by atoms with Crippen molar-refractivity contribution in [1.82, 2.24) is 5.32 Å². The number of amides is 1. The average Bonchev–Trinajstić information content (AvgIpc) is 3.22. The molecule has 1 aliphatic carbocycles. The van der Waals surface area contributed by atoms with Crippen LogP contribution in [-0.2, 0) is 25.3 Å². The van der Waals surface area contributed by atoms with Crippen LogP contribution in [0.4, 0.5) is 13.2 Å². The third kappa shape index (κ3) is 13.3. The minimum Gasteiger partial charge on any atom is -0.491 e. The number of aliphatic hydroxyl groups is 3. The molecule has 4 N–H and O–H groups in total. The lowest BCUT2D eigenvalue weighted by Gasteiger charge is -2.19. The van der Waals surface area contributed by atoms with E-state index in [1.807, 2.05) is 12.2 Å². The van der Waals surface area contributed by atoms with Gasteiger partial charge >= 0.3 is 12.1 Å². The molecule has 246 valence electrons. The van der Waals surface area contributed by atoms with E-state index < -0.39 is 53.1 Å². The number of alkyl halides is 3. The summed E-state index contributed by atoms with van der Waals surface area (Å²) in [5.41, 5.74) is -0.868. The normalized spacial score (nSPS) is 21.7. The van der Waals surface area contributed by atoms with E-state index in [1.165, 1.54) is 25.1 Å². The number of benzene rings is 1. The zero-order chi connectivity index (χ0) is 32.7. The standard InChI is InChI=1S/C29H39F3N2O10/c1-19(28(39)42-14-7-15-44-34(40)41)33-27(38)11-5-3-2-4-10-23-24(26(37)17-25(23)36)13-12-21(35)18-43-22-9-6-8-20(16-22)29(30,31)32/h2,4,6,8-9,12-13,16,19,21,23-26,35-37H,3,5,7,10-11,14-15,17-18H2,1H3,(H,33,38)/b4-2-,13-12+/t19?,21-,23-,24-,25+,26-/m1/s1. The van der Waals surface area contributed by atoms with E-state index in [4.69, 9.17) is 9.47 Å². The molecule has 1 unspecified atom stereocenters. The summed E-state index contributed by atoms with van der Waals surface area (Å²) in [7, 11) is 0. The molecule has 1 aromatic carbocycles. The van der Waals surface area contributed by atoms with Crippen molar-refractivity contribution in [1.29, 1.82) is 0 Å². The van der Waals surface area contributed by atoms with Crippen molar-refractivity contribution in [3.05, 3.63) is 64.2 Å². The number of ether oxygens (including phenoxy) is 2.